The van der Waals surface area contributed by atoms with Gasteiger partial charge in [0.15, 0.2) is 0 Å². The van der Waals surface area contributed by atoms with E-state index >= 15 is 0 Å². The Balaban J connectivity index is 1.53. The van der Waals surface area contributed by atoms with E-state index in [0.29, 0.717) is 50.6 Å². The minimum atomic E-state index is -0.827. The minimum Gasteiger partial charge on any atom is -0.385 e. The van der Waals surface area contributed by atoms with Gasteiger partial charge in [-0.15, -0.1) is 0 Å². The van der Waals surface area contributed by atoms with Crippen molar-refractivity contribution in [3.05, 3.63) is 34.9 Å². The molecule has 2 heterocycles. The quantitative estimate of drug-likeness (QED) is 0.891. The fraction of sp³-hybridized carbons (Fsp3) is 0.632. The summed E-state index contributed by atoms with van der Waals surface area (Å²) in [5.41, 5.74) is 0.0743. The highest BCUT2D eigenvalue weighted by Crippen LogP contribution is 2.33. The van der Waals surface area contributed by atoms with Crippen LogP contribution in [0.5, 0.6) is 0 Å². The average Bonchev–Trinajstić information content (AvgIpc) is 2.57. The van der Waals surface area contributed by atoms with E-state index in [0.717, 1.165) is 5.56 Å². The molecular formula is C19H27ClN2O3. The van der Waals surface area contributed by atoms with E-state index in [2.05, 4.69) is 4.90 Å². The first-order valence-corrected chi connectivity index (χ1v) is 9.37. The summed E-state index contributed by atoms with van der Waals surface area (Å²) in [5.74, 6) is 0.152. The minimum absolute atomic E-state index is 0.0871. The van der Waals surface area contributed by atoms with Gasteiger partial charge in [-0.1, -0.05) is 23.7 Å². The van der Waals surface area contributed by atoms with Gasteiger partial charge < -0.3 is 14.7 Å². The van der Waals surface area contributed by atoms with E-state index in [1.54, 1.807) is 0 Å². The Morgan fingerprint density at radius 1 is 1.20 bits per heavy atom. The summed E-state index contributed by atoms with van der Waals surface area (Å²) in [6, 6.07) is 7.40. The van der Waals surface area contributed by atoms with Gasteiger partial charge in [-0.05, 0) is 44.4 Å². The SMILES string of the molecule is CC1CN(C(=O)CN2CCC(O)(c3ccc(Cl)cc3)CC2)CC(C)O1. The average molecular weight is 367 g/mol. The molecule has 5 nitrogen and oxygen atoms in total. The molecule has 2 aliphatic rings. The Hall–Kier alpha value is -1.14. The maximum atomic E-state index is 12.6. The molecule has 0 saturated carbocycles. The highest BCUT2D eigenvalue weighted by molar-refractivity contribution is 6.30. The molecule has 25 heavy (non-hydrogen) atoms. The molecule has 0 aromatic heterocycles. The van der Waals surface area contributed by atoms with Crippen LogP contribution in [0.3, 0.4) is 0 Å². The molecule has 2 saturated heterocycles. The van der Waals surface area contributed by atoms with Crippen molar-refractivity contribution in [2.24, 2.45) is 0 Å². The highest BCUT2D eigenvalue weighted by Gasteiger charge is 2.35. The van der Waals surface area contributed by atoms with E-state index in [1.807, 2.05) is 43.0 Å². The molecule has 0 spiro atoms. The van der Waals surface area contributed by atoms with Gasteiger partial charge >= 0.3 is 0 Å². The van der Waals surface area contributed by atoms with Gasteiger partial charge in [0.1, 0.15) is 0 Å². The summed E-state index contributed by atoms with van der Waals surface area (Å²) in [4.78, 5) is 16.6. The van der Waals surface area contributed by atoms with Crippen LogP contribution in [0.1, 0.15) is 32.3 Å². The molecule has 1 amide bonds. The second kappa shape index (κ2) is 7.62. The van der Waals surface area contributed by atoms with E-state index in [9.17, 15) is 9.90 Å². The predicted octanol–water partition coefficient (Wildman–Crippen LogP) is 2.26. The van der Waals surface area contributed by atoms with Crippen molar-refractivity contribution in [2.75, 3.05) is 32.7 Å². The van der Waals surface area contributed by atoms with Crippen LogP contribution >= 0.6 is 11.6 Å². The first-order chi connectivity index (χ1) is 11.9. The van der Waals surface area contributed by atoms with Crippen molar-refractivity contribution in [2.45, 2.75) is 44.5 Å². The Bertz CT molecular complexity index is 589. The van der Waals surface area contributed by atoms with Gasteiger partial charge in [0.2, 0.25) is 5.91 Å². The largest absolute Gasteiger partial charge is 0.385 e. The monoisotopic (exact) mass is 366 g/mol. The molecule has 2 atom stereocenters. The number of rotatable bonds is 3. The molecular weight excluding hydrogens is 340 g/mol. The third kappa shape index (κ3) is 4.53. The lowest BCUT2D eigenvalue weighted by atomic mass is 9.84. The zero-order valence-electron chi connectivity index (χ0n) is 14.9. The standard InChI is InChI=1S/C19H27ClN2O3/c1-14-11-22(12-15(2)25-14)18(23)13-21-9-7-19(24,8-10-21)16-3-5-17(20)6-4-16/h3-6,14-15,24H,7-13H2,1-2H3. The first-order valence-electron chi connectivity index (χ1n) is 9.00. The summed E-state index contributed by atoms with van der Waals surface area (Å²) in [6.45, 7) is 7.15. The van der Waals surface area contributed by atoms with E-state index < -0.39 is 5.60 Å². The van der Waals surface area contributed by atoms with Gasteiger partial charge in [-0.2, -0.15) is 0 Å². The number of carbonyl (C=O) groups is 1. The molecule has 0 aliphatic carbocycles. The van der Waals surface area contributed by atoms with Crippen molar-refractivity contribution in [3.63, 3.8) is 0 Å². The number of hydrogen-bond acceptors (Lipinski definition) is 4. The number of likely N-dealkylation sites (tertiary alicyclic amines) is 1. The summed E-state index contributed by atoms with van der Waals surface area (Å²) in [5, 5.41) is 11.6. The van der Waals surface area contributed by atoms with Gasteiger partial charge in [-0.3, -0.25) is 9.69 Å². The van der Waals surface area contributed by atoms with Crippen LogP contribution in [0.25, 0.3) is 0 Å². The number of benzene rings is 1. The Morgan fingerprint density at radius 2 is 1.76 bits per heavy atom. The Kier molecular flexibility index (Phi) is 5.68. The molecule has 0 radical (unpaired) electrons. The maximum Gasteiger partial charge on any atom is 0.236 e. The summed E-state index contributed by atoms with van der Waals surface area (Å²) in [6.07, 6.45) is 1.42. The number of nitrogens with zero attached hydrogens (tertiary/aromatic N) is 2. The molecule has 2 fully saturated rings. The van der Waals surface area contributed by atoms with Gasteiger partial charge in [-0.25, -0.2) is 0 Å². The first kappa shape index (κ1) is 18.6. The van der Waals surface area contributed by atoms with E-state index in [-0.39, 0.29) is 18.1 Å². The summed E-state index contributed by atoms with van der Waals surface area (Å²) >= 11 is 5.93. The number of piperidine rings is 1. The van der Waals surface area contributed by atoms with E-state index in [4.69, 9.17) is 16.3 Å². The Morgan fingerprint density at radius 3 is 2.32 bits per heavy atom. The van der Waals surface area contributed by atoms with Gasteiger partial charge in [0.25, 0.3) is 0 Å². The zero-order valence-corrected chi connectivity index (χ0v) is 15.7. The second-order valence-corrected chi connectivity index (χ2v) is 7.81. The fourth-order valence-electron chi connectivity index (χ4n) is 3.80. The molecule has 0 bridgehead atoms. The molecule has 1 aromatic carbocycles. The molecule has 2 unspecified atom stereocenters. The van der Waals surface area contributed by atoms with Crippen molar-refractivity contribution in [3.8, 4) is 0 Å². The van der Waals surface area contributed by atoms with Gasteiger partial charge in [0.05, 0.1) is 24.4 Å². The van der Waals surface area contributed by atoms with Crippen molar-refractivity contribution >= 4 is 17.5 Å². The van der Waals surface area contributed by atoms with Crippen LogP contribution in [-0.4, -0.2) is 65.7 Å². The van der Waals surface area contributed by atoms with Crippen LogP contribution in [-0.2, 0) is 15.1 Å². The van der Waals surface area contributed by atoms with Crippen molar-refractivity contribution in [1.82, 2.24) is 9.80 Å². The summed E-state index contributed by atoms with van der Waals surface area (Å²) in [7, 11) is 0. The molecule has 138 valence electrons. The number of ether oxygens (including phenoxy) is 1. The maximum absolute atomic E-state index is 12.6. The number of hydrogen-bond donors (Lipinski definition) is 1. The van der Waals surface area contributed by atoms with Crippen molar-refractivity contribution < 1.29 is 14.6 Å². The molecule has 1 N–H and O–H groups in total. The van der Waals surface area contributed by atoms with Gasteiger partial charge in [0, 0.05) is 31.2 Å². The topological polar surface area (TPSA) is 53.0 Å². The number of amides is 1. The van der Waals surface area contributed by atoms with Crippen LogP contribution in [0.2, 0.25) is 5.02 Å². The third-order valence-corrected chi connectivity index (χ3v) is 5.45. The zero-order chi connectivity index (χ0) is 18.0. The number of carbonyl (C=O) groups excluding carboxylic acids is 1. The Labute approximate surface area is 154 Å². The lowest BCUT2D eigenvalue weighted by molar-refractivity contribution is -0.145. The lowest BCUT2D eigenvalue weighted by Gasteiger charge is -2.40. The second-order valence-electron chi connectivity index (χ2n) is 7.37. The van der Waals surface area contributed by atoms with Crippen LogP contribution in [0, 0.1) is 0 Å². The molecule has 2 aliphatic heterocycles. The fourth-order valence-corrected chi connectivity index (χ4v) is 3.93. The molecule has 6 heteroatoms. The van der Waals surface area contributed by atoms with Crippen molar-refractivity contribution in [1.29, 1.82) is 0 Å². The van der Waals surface area contributed by atoms with Crippen LogP contribution in [0.4, 0.5) is 0 Å². The molecule has 1 aromatic rings. The molecule has 3 rings (SSSR count). The smallest absolute Gasteiger partial charge is 0.236 e. The number of aliphatic hydroxyl groups is 1. The number of morpholine rings is 1. The van der Waals surface area contributed by atoms with Crippen LogP contribution < -0.4 is 0 Å². The van der Waals surface area contributed by atoms with E-state index in [1.165, 1.54) is 0 Å². The highest BCUT2D eigenvalue weighted by atomic mass is 35.5. The lowest BCUT2D eigenvalue weighted by Crippen LogP contribution is -2.52. The normalized spacial score (nSPS) is 27.3. The number of halogens is 1. The third-order valence-electron chi connectivity index (χ3n) is 5.20. The summed E-state index contributed by atoms with van der Waals surface area (Å²) < 4.78 is 5.69. The van der Waals surface area contributed by atoms with Crippen LogP contribution in [0.15, 0.2) is 24.3 Å². The predicted molar refractivity (Wildman–Crippen MR) is 97.6 cm³/mol.